The summed E-state index contributed by atoms with van der Waals surface area (Å²) in [5.74, 6) is -0.904. The third kappa shape index (κ3) is 3.02. The molecule has 0 saturated carbocycles. The summed E-state index contributed by atoms with van der Waals surface area (Å²) < 4.78 is 0. The number of nitrogens with zero attached hydrogens (tertiary/aromatic N) is 2. The molecule has 7 heteroatoms. The van der Waals surface area contributed by atoms with E-state index in [0.29, 0.717) is 19.4 Å². The van der Waals surface area contributed by atoms with E-state index >= 15 is 0 Å². The van der Waals surface area contributed by atoms with Crippen molar-refractivity contribution in [1.29, 1.82) is 0 Å². The van der Waals surface area contributed by atoms with E-state index in [2.05, 4.69) is 10.3 Å². The van der Waals surface area contributed by atoms with Gasteiger partial charge in [-0.2, -0.15) is 0 Å². The third-order valence-electron chi connectivity index (χ3n) is 3.96. The molecule has 2 atom stereocenters. The average molecular weight is 311 g/mol. The molecule has 0 bridgehead atoms. The van der Waals surface area contributed by atoms with Crippen molar-refractivity contribution < 1.29 is 14.7 Å². The number of nitrogens with one attached hydrogen (secondary N) is 1. The van der Waals surface area contributed by atoms with Gasteiger partial charge in [-0.1, -0.05) is 13.3 Å². The number of aromatic nitrogens is 1. The Hall–Kier alpha value is -1.63. The summed E-state index contributed by atoms with van der Waals surface area (Å²) in [6.45, 7) is 4.29. The normalized spacial score (nSPS) is 23.0. The molecule has 0 spiro atoms. The maximum Gasteiger partial charge on any atom is 0.329 e. The predicted molar refractivity (Wildman–Crippen MR) is 80.3 cm³/mol. The fraction of sp³-hybridized carbons (Fsp3) is 0.643. The number of carbonyl (C=O) groups excluding carboxylic acids is 1. The van der Waals surface area contributed by atoms with Gasteiger partial charge in [-0.15, -0.1) is 11.3 Å². The molecular weight excluding hydrogens is 290 g/mol. The van der Waals surface area contributed by atoms with Gasteiger partial charge in [0.15, 0.2) is 0 Å². The van der Waals surface area contributed by atoms with Gasteiger partial charge in [-0.25, -0.2) is 14.6 Å². The Morgan fingerprint density at radius 3 is 2.95 bits per heavy atom. The van der Waals surface area contributed by atoms with Crippen LogP contribution in [0.1, 0.15) is 50.6 Å². The molecule has 1 saturated heterocycles. The Balaban J connectivity index is 2.11. The Kier molecular flexibility index (Phi) is 4.82. The molecule has 1 aliphatic heterocycles. The second kappa shape index (κ2) is 6.43. The van der Waals surface area contributed by atoms with Crippen LogP contribution in [0.4, 0.5) is 4.79 Å². The minimum absolute atomic E-state index is 0.216. The number of likely N-dealkylation sites (tertiary alicyclic amines) is 1. The van der Waals surface area contributed by atoms with Crippen LogP contribution in [0.3, 0.4) is 0 Å². The van der Waals surface area contributed by atoms with Crippen LogP contribution >= 0.6 is 11.3 Å². The van der Waals surface area contributed by atoms with Crippen LogP contribution in [0.2, 0.25) is 0 Å². The van der Waals surface area contributed by atoms with Crippen molar-refractivity contribution in [3.63, 3.8) is 0 Å². The van der Waals surface area contributed by atoms with Gasteiger partial charge in [-0.05, 0) is 26.2 Å². The maximum atomic E-state index is 12.5. The lowest BCUT2D eigenvalue weighted by molar-refractivity contribution is -0.148. The van der Waals surface area contributed by atoms with Crippen LogP contribution in [0.25, 0.3) is 0 Å². The van der Waals surface area contributed by atoms with Gasteiger partial charge < -0.3 is 15.3 Å². The maximum absolute atomic E-state index is 12.5. The Morgan fingerprint density at radius 1 is 1.62 bits per heavy atom. The molecule has 1 aliphatic rings. The van der Waals surface area contributed by atoms with Crippen LogP contribution in [-0.2, 0) is 4.79 Å². The van der Waals surface area contributed by atoms with Crippen LogP contribution in [0.15, 0.2) is 11.6 Å². The van der Waals surface area contributed by atoms with E-state index < -0.39 is 11.5 Å². The zero-order valence-corrected chi connectivity index (χ0v) is 13.2. The molecule has 2 unspecified atom stereocenters. The highest BCUT2D eigenvalue weighted by molar-refractivity contribution is 7.09. The summed E-state index contributed by atoms with van der Waals surface area (Å²) in [5, 5.41) is 15.1. The zero-order valence-electron chi connectivity index (χ0n) is 12.3. The molecule has 1 aromatic rings. The zero-order chi connectivity index (χ0) is 15.5. The summed E-state index contributed by atoms with van der Waals surface area (Å²) >= 11 is 1.47. The second-order valence-electron chi connectivity index (χ2n) is 5.38. The number of rotatable bonds is 5. The van der Waals surface area contributed by atoms with Gasteiger partial charge in [0.25, 0.3) is 0 Å². The van der Waals surface area contributed by atoms with Crippen molar-refractivity contribution >= 4 is 23.3 Å². The molecule has 0 aromatic carbocycles. The molecule has 6 nitrogen and oxygen atoms in total. The lowest BCUT2D eigenvalue weighted by Crippen LogP contribution is -2.56. The number of carboxylic acid groups (broad SMARTS) is 1. The smallest absolute Gasteiger partial charge is 0.329 e. The third-order valence-corrected chi connectivity index (χ3v) is 4.92. The highest BCUT2D eigenvalue weighted by Crippen LogP contribution is 2.34. The molecule has 0 radical (unpaired) electrons. The van der Waals surface area contributed by atoms with Crippen molar-refractivity contribution in [3.8, 4) is 0 Å². The Labute approximate surface area is 128 Å². The number of aliphatic carboxylic acids is 1. The molecule has 2 amide bonds. The van der Waals surface area contributed by atoms with Gasteiger partial charge >= 0.3 is 12.0 Å². The largest absolute Gasteiger partial charge is 0.479 e. The summed E-state index contributed by atoms with van der Waals surface area (Å²) in [7, 11) is 0. The molecule has 116 valence electrons. The number of urea groups is 1. The van der Waals surface area contributed by atoms with Gasteiger partial charge in [-0.3, -0.25) is 0 Å². The van der Waals surface area contributed by atoms with E-state index in [-0.39, 0.29) is 12.1 Å². The Morgan fingerprint density at radius 2 is 2.38 bits per heavy atom. The van der Waals surface area contributed by atoms with Crippen molar-refractivity contribution in [2.75, 3.05) is 6.54 Å². The quantitative estimate of drug-likeness (QED) is 0.875. The topological polar surface area (TPSA) is 82.5 Å². The lowest BCUT2D eigenvalue weighted by Gasteiger charge is -2.35. The fourth-order valence-electron chi connectivity index (χ4n) is 2.95. The van der Waals surface area contributed by atoms with Gasteiger partial charge in [0.2, 0.25) is 0 Å². The van der Waals surface area contributed by atoms with Crippen molar-refractivity contribution in [1.82, 2.24) is 15.2 Å². The standard InChI is InChI=1S/C14H21N3O3S/c1-3-5-14(12(18)19)6-4-8-17(14)13(20)16-10(2)11-15-7-9-21-11/h7,9-10H,3-6,8H2,1-2H3,(H,16,20)(H,18,19). The van der Waals surface area contributed by atoms with Crippen LogP contribution in [0, 0.1) is 0 Å². The van der Waals surface area contributed by atoms with E-state index in [0.717, 1.165) is 17.8 Å². The fourth-order valence-corrected chi connectivity index (χ4v) is 3.60. The van der Waals surface area contributed by atoms with E-state index in [1.165, 1.54) is 16.2 Å². The monoisotopic (exact) mass is 311 g/mol. The molecule has 1 aromatic heterocycles. The first kappa shape index (κ1) is 15.8. The van der Waals surface area contributed by atoms with E-state index in [4.69, 9.17) is 0 Å². The molecular formula is C14H21N3O3S. The first-order chi connectivity index (χ1) is 10.0. The van der Waals surface area contributed by atoms with Crippen molar-refractivity contribution in [3.05, 3.63) is 16.6 Å². The summed E-state index contributed by atoms with van der Waals surface area (Å²) in [4.78, 5) is 29.8. The minimum atomic E-state index is -1.05. The van der Waals surface area contributed by atoms with E-state index in [1.54, 1.807) is 6.20 Å². The Bertz CT molecular complexity index is 506. The summed E-state index contributed by atoms with van der Waals surface area (Å²) in [6, 6.07) is -0.530. The number of hydrogen-bond acceptors (Lipinski definition) is 4. The predicted octanol–water partition coefficient (Wildman–Crippen LogP) is 2.63. The van der Waals surface area contributed by atoms with E-state index in [9.17, 15) is 14.7 Å². The van der Waals surface area contributed by atoms with Crippen LogP contribution in [-0.4, -0.2) is 39.1 Å². The highest BCUT2D eigenvalue weighted by atomic mass is 32.1. The SMILES string of the molecule is CCCC1(C(=O)O)CCCN1C(=O)NC(C)c1nccs1. The average Bonchev–Trinajstić information content (AvgIpc) is 3.08. The second-order valence-corrected chi connectivity index (χ2v) is 6.31. The molecule has 21 heavy (non-hydrogen) atoms. The minimum Gasteiger partial charge on any atom is -0.479 e. The van der Waals surface area contributed by atoms with Crippen LogP contribution < -0.4 is 5.32 Å². The summed E-state index contributed by atoms with van der Waals surface area (Å²) in [6.07, 6.45) is 4.16. The number of hydrogen-bond donors (Lipinski definition) is 2. The van der Waals surface area contributed by atoms with E-state index in [1.807, 2.05) is 19.2 Å². The number of carbonyl (C=O) groups is 2. The van der Waals surface area contributed by atoms with Gasteiger partial charge in [0.05, 0.1) is 6.04 Å². The number of thiazole rings is 1. The molecule has 1 fully saturated rings. The first-order valence-electron chi connectivity index (χ1n) is 7.22. The molecule has 2 heterocycles. The van der Waals surface area contributed by atoms with Gasteiger partial charge in [0, 0.05) is 18.1 Å². The van der Waals surface area contributed by atoms with Crippen molar-refractivity contribution in [2.24, 2.45) is 0 Å². The lowest BCUT2D eigenvalue weighted by atomic mass is 9.91. The summed E-state index contributed by atoms with van der Waals surface area (Å²) in [5.41, 5.74) is -1.05. The highest BCUT2D eigenvalue weighted by Gasteiger charge is 2.49. The number of amides is 2. The molecule has 2 rings (SSSR count). The van der Waals surface area contributed by atoms with Crippen LogP contribution in [0.5, 0.6) is 0 Å². The molecule has 0 aliphatic carbocycles. The number of carboxylic acids is 1. The molecule has 2 N–H and O–H groups in total. The first-order valence-corrected chi connectivity index (χ1v) is 8.10. The van der Waals surface area contributed by atoms with Gasteiger partial charge in [0.1, 0.15) is 10.5 Å². The van der Waals surface area contributed by atoms with Crippen molar-refractivity contribution in [2.45, 2.75) is 51.1 Å².